The van der Waals surface area contributed by atoms with Gasteiger partial charge in [-0.25, -0.2) is 0 Å². The molecule has 0 amide bonds. The summed E-state index contributed by atoms with van der Waals surface area (Å²) in [5, 5.41) is 38.1. The second-order valence-corrected chi connectivity index (χ2v) is 7.20. The van der Waals surface area contributed by atoms with E-state index in [1.54, 1.807) is 12.1 Å². The zero-order valence-electron chi connectivity index (χ0n) is 15.9. The summed E-state index contributed by atoms with van der Waals surface area (Å²) >= 11 is 0. The van der Waals surface area contributed by atoms with Crippen molar-refractivity contribution < 1.29 is 29.4 Å². The molecule has 0 bridgehead atoms. The lowest BCUT2D eigenvalue weighted by Crippen LogP contribution is -2.37. The molecule has 1 aliphatic carbocycles. The standard InChI is InChI=1S/C22H14N2O6/c1-21(9-23,19(27)28)13-7-3-5-11-15(13)17(25)12-6-4-8-14(16(12)18(11)26)22(2,10-24)20(29)30/h3-8H,1-2H3,(H,27,28)(H,29,30). The monoisotopic (exact) mass is 402 g/mol. The molecule has 3 rings (SSSR count). The van der Waals surface area contributed by atoms with Gasteiger partial charge in [0.15, 0.2) is 22.4 Å². The molecule has 0 aliphatic heterocycles. The maximum atomic E-state index is 13.3. The number of carboxylic acids is 2. The quantitative estimate of drug-likeness (QED) is 0.672. The van der Waals surface area contributed by atoms with Crippen molar-refractivity contribution in [2.24, 2.45) is 0 Å². The Hall–Kier alpha value is -4.30. The highest BCUT2D eigenvalue weighted by molar-refractivity contribution is 6.30. The van der Waals surface area contributed by atoms with Gasteiger partial charge < -0.3 is 10.2 Å². The van der Waals surface area contributed by atoms with Gasteiger partial charge in [-0.2, -0.15) is 10.5 Å². The average molecular weight is 402 g/mol. The minimum atomic E-state index is -2.08. The Balaban J connectivity index is 2.39. The van der Waals surface area contributed by atoms with Gasteiger partial charge in [0, 0.05) is 22.3 Å². The molecule has 0 spiro atoms. The van der Waals surface area contributed by atoms with E-state index >= 15 is 0 Å². The summed E-state index contributed by atoms with van der Waals surface area (Å²) < 4.78 is 0. The van der Waals surface area contributed by atoms with E-state index in [1.807, 2.05) is 0 Å². The minimum Gasteiger partial charge on any atom is -0.480 e. The average Bonchev–Trinajstić information content (AvgIpc) is 2.74. The third kappa shape index (κ3) is 2.51. The Labute approximate surface area is 170 Å². The molecule has 0 heterocycles. The zero-order chi connectivity index (χ0) is 22.4. The Morgan fingerprint density at radius 1 is 0.767 bits per heavy atom. The number of nitriles is 2. The van der Waals surface area contributed by atoms with E-state index in [4.69, 9.17) is 0 Å². The van der Waals surface area contributed by atoms with Crippen molar-refractivity contribution in [3.8, 4) is 12.1 Å². The van der Waals surface area contributed by atoms with Crippen LogP contribution in [0.1, 0.15) is 56.8 Å². The molecule has 0 saturated carbocycles. The summed E-state index contributed by atoms with van der Waals surface area (Å²) in [6.45, 7) is 2.26. The van der Waals surface area contributed by atoms with Crippen LogP contribution in [0.5, 0.6) is 0 Å². The van der Waals surface area contributed by atoms with E-state index in [0.29, 0.717) is 0 Å². The molecular formula is C22H14N2O6. The number of carbonyl (C=O) groups is 4. The lowest BCUT2D eigenvalue weighted by molar-refractivity contribution is -0.141. The fourth-order valence-electron chi connectivity index (χ4n) is 3.52. The molecule has 2 atom stereocenters. The molecule has 2 unspecified atom stereocenters. The predicted molar refractivity (Wildman–Crippen MR) is 101 cm³/mol. The van der Waals surface area contributed by atoms with Crippen molar-refractivity contribution in [1.82, 2.24) is 0 Å². The van der Waals surface area contributed by atoms with Crippen LogP contribution in [0.4, 0.5) is 0 Å². The van der Waals surface area contributed by atoms with Gasteiger partial charge in [-0.3, -0.25) is 19.2 Å². The van der Waals surface area contributed by atoms with Crippen LogP contribution in [-0.2, 0) is 20.4 Å². The number of carboxylic acid groups (broad SMARTS) is 2. The lowest BCUT2D eigenvalue weighted by atomic mass is 9.70. The first-order chi connectivity index (χ1) is 14.0. The molecule has 2 N–H and O–H groups in total. The number of aliphatic carboxylic acids is 2. The number of ketones is 2. The van der Waals surface area contributed by atoms with Crippen molar-refractivity contribution in [2.45, 2.75) is 24.7 Å². The minimum absolute atomic E-state index is 0.134. The van der Waals surface area contributed by atoms with Crippen LogP contribution in [0.3, 0.4) is 0 Å². The number of benzene rings is 2. The summed E-state index contributed by atoms with van der Waals surface area (Å²) in [4.78, 5) is 50.1. The normalized spacial score (nSPS) is 16.1. The SMILES string of the molecule is CC(C#N)(C(=O)O)c1cccc2c1C(=O)c1cccc(C(C)(C#N)C(=O)O)c1C2=O. The molecule has 8 nitrogen and oxygen atoms in total. The summed E-state index contributed by atoms with van der Waals surface area (Å²) in [6, 6.07) is 11.3. The van der Waals surface area contributed by atoms with Crippen LogP contribution in [0.15, 0.2) is 36.4 Å². The zero-order valence-corrected chi connectivity index (χ0v) is 15.9. The Kier molecular flexibility index (Phi) is 4.52. The van der Waals surface area contributed by atoms with Gasteiger partial charge in [0.05, 0.1) is 12.1 Å². The van der Waals surface area contributed by atoms with Crippen LogP contribution >= 0.6 is 0 Å². The van der Waals surface area contributed by atoms with E-state index in [0.717, 1.165) is 13.8 Å². The number of hydrogen-bond acceptors (Lipinski definition) is 6. The molecule has 148 valence electrons. The predicted octanol–water partition coefficient (Wildman–Crippen LogP) is 2.19. The van der Waals surface area contributed by atoms with E-state index in [-0.39, 0.29) is 33.4 Å². The highest BCUT2D eigenvalue weighted by Gasteiger charge is 2.45. The number of rotatable bonds is 4. The smallest absolute Gasteiger partial charge is 0.328 e. The van der Waals surface area contributed by atoms with Gasteiger partial charge >= 0.3 is 11.9 Å². The number of hydrogen-bond donors (Lipinski definition) is 2. The number of carbonyl (C=O) groups excluding carboxylic acids is 2. The first-order valence-electron chi connectivity index (χ1n) is 8.70. The van der Waals surface area contributed by atoms with Crippen LogP contribution in [0.25, 0.3) is 0 Å². The molecular weight excluding hydrogens is 388 g/mol. The molecule has 1 aliphatic rings. The molecule has 8 heteroatoms. The van der Waals surface area contributed by atoms with E-state index < -0.39 is 34.3 Å². The third-order valence-corrected chi connectivity index (χ3v) is 5.45. The van der Waals surface area contributed by atoms with Crippen LogP contribution in [0.2, 0.25) is 0 Å². The highest BCUT2D eigenvalue weighted by atomic mass is 16.4. The van der Waals surface area contributed by atoms with E-state index in [2.05, 4.69) is 0 Å². The first-order valence-corrected chi connectivity index (χ1v) is 8.70. The van der Waals surface area contributed by atoms with Crippen molar-refractivity contribution in [3.05, 3.63) is 69.8 Å². The van der Waals surface area contributed by atoms with Crippen LogP contribution in [0, 0.1) is 22.7 Å². The van der Waals surface area contributed by atoms with Gasteiger partial charge in [0.2, 0.25) is 0 Å². The fraction of sp³-hybridized carbons (Fsp3) is 0.182. The molecule has 2 aromatic rings. The lowest BCUT2D eigenvalue weighted by Gasteiger charge is -2.28. The second-order valence-electron chi connectivity index (χ2n) is 7.20. The summed E-state index contributed by atoms with van der Waals surface area (Å²) in [6.07, 6.45) is 0. The van der Waals surface area contributed by atoms with Crippen molar-refractivity contribution in [3.63, 3.8) is 0 Å². The van der Waals surface area contributed by atoms with E-state index in [9.17, 15) is 39.9 Å². The molecule has 0 aromatic heterocycles. The topological polar surface area (TPSA) is 156 Å². The second kappa shape index (κ2) is 6.64. The maximum absolute atomic E-state index is 13.3. The van der Waals surface area contributed by atoms with Gasteiger partial charge in [0.25, 0.3) is 0 Å². The Bertz CT molecular complexity index is 1150. The van der Waals surface area contributed by atoms with Gasteiger partial charge in [-0.15, -0.1) is 0 Å². The highest BCUT2D eigenvalue weighted by Crippen LogP contribution is 2.39. The number of fused-ring (bicyclic) bond motifs is 2. The molecule has 30 heavy (non-hydrogen) atoms. The number of nitrogens with zero attached hydrogens (tertiary/aromatic N) is 2. The van der Waals surface area contributed by atoms with Crippen LogP contribution in [-0.4, -0.2) is 33.7 Å². The Morgan fingerprint density at radius 2 is 1.10 bits per heavy atom. The van der Waals surface area contributed by atoms with Crippen molar-refractivity contribution in [1.29, 1.82) is 10.5 Å². The van der Waals surface area contributed by atoms with E-state index in [1.165, 1.54) is 36.4 Å². The summed E-state index contributed by atoms with van der Waals surface area (Å²) in [5.74, 6) is -4.40. The first kappa shape index (κ1) is 20.4. The maximum Gasteiger partial charge on any atom is 0.328 e. The largest absolute Gasteiger partial charge is 0.480 e. The van der Waals surface area contributed by atoms with Gasteiger partial charge in [-0.1, -0.05) is 36.4 Å². The summed E-state index contributed by atoms with van der Waals surface area (Å²) in [7, 11) is 0. The van der Waals surface area contributed by atoms with Crippen molar-refractivity contribution >= 4 is 23.5 Å². The van der Waals surface area contributed by atoms with Gasteiger partial charge in [-0.05, 0) is 25.0 Å². The van der Waals surface area contributed by atoms with Crippen molar-refractivity contribution in [2.75, 3.05) is 0 Å². The third-order valence-electron chi connectivity index (χ3n) is 5.45. The molecule has 2 aromatic carbocycles. The molecule has 0 radical (unpaired) electrons. The molecule has 0 fully saturated rings. The van der Waals surface area contributed by atoms with Crippen LogP contribution < -0.4 is 0 Å². The Morgan fingerprint density at radius 3 is 1.37 bits per heavy atom. The summed E-state index contributed by atoms with van der Waals surface area (Å²) in [5.41, 5.74) is -5.16. The molecule has 0 saturated heterocycles. The fourth-order valence-corrected chi connectivity index (χ4v) is 3.52. The van der Waals surface area contributed by atoms with Gasteiger partial charge in [0.1, 0.15) is 0 Å².